The predicted molar refractivity (Wildman–Crippen MR) is 104 cm³/mol. The summed E-state index contributed by atoms with van der Waals surface area (Å²) in [7, 11) is -3.04. The van der Waals surface area contributed by atoms with Crippen LogP contribution < -0.4 is 10.6 Å². The van der Waals surface area contributed by atoms with Gasteiger partial charge in [-0.15, -0.1) is 0 Å². The molecule has 146 valence electrons. The molecule has 2 fully saturated rings. The molecular weight excluding hydrogens is 336 g/mol. The third kappa shape index (κ3) is 6.77. The normalized spacial score (nSPS) is 27.2. The van der Waals surface area contributed by atoms with Crippen LogP contribution in [0.5, 0.6) is 0 Å². The minimum Gasteiger partial charge on any atom is -0.357 e. The molecule has 25 heavy (non-hydrogen) atoms. The van der Waals surface area contributed by atoms with Gasteiger partial charge in [-0.05, 0) is 57.3 Å². The van der Waals surface area contributed by atoms with Gasteiger partial charge >= 0.3 is 0 Å². The van der Waals surface area contributed by atoms with E-state index in [1.54, 1.807) is 4.31 Å². The fourth-order valence-corrected chi connectivity index (χ4v) is 4.75. The van der Waals surface area contributed by atoms with Crippen LogP contribution in [0.25, 0.3) is 0 Å². The molecule has 1 aliphatic carbocycles. The standard InChI is InChI=1S/C18H36N4O2S/c1-4-15-6-8-17(9-7-15)21-18(19-5-2)20-14-16-10-12-22(13-11-16)25(3,23)24/h15-17H,4-14H2,1-3H3,(H2,19,20,21). The molecule has 6 nitrogen and oxygen atoms in total. The number of hydrogen-bond acceptors (Lipinski definition) is 3. The smallest absolute Gasteiger partial charge is 0.211 e. The zero-order chi connectivity index (χ0) is 18.3. The quantitative estimate of drug-likeness (QED) is 0.554. The Kier molecular flexibility index (Phi) is 8.00. The van der Waals surface area contributed by atoms with E-state index < -0.39 is 10.0 Å². The van der Waals surface area contributed by atoms with Crippen molar-refractivity contribution in [1.29, 1.82) is 0 Å². The predicted octanol–water partition coefficient (Wildman–Crippen LogP) is 2.18. The molecule has 1 aliphatic heterocycles. The summed E-state index contributed by atoms with van der Waals surface area (Å²) >= 11 is 0. The molecule has 1 heterocycles. The van der Waals surface area contributed by atoms with Crippen molar-refractivity contribution >= 4 is 16.0 Å². The lowest BCUT2D eigenvalue weighted by atomic mass is 9.84. The Morgan fingerprint density at radius 2 is 1.68 bits per heavy atom. The second-order valence-electron chi connectivity index (χ2n) is 7.60. The fraction of sp³-hybridized carbons (Fsp3) is 0.944. The molecule has 1 saturated carbocycles. The zero-order valence-corrected chi connectivity index (χ0v) is 16.9. The summed E-state index contributed by atoms with van der Waals surface area (Å²) in [6.07, 6.45) is 9.49. The molecular formula is C18H36N4O2S. The van der Waals surface area contributed by atoms with E-state index in [2.05, 4.69) is 24.5 Å². The van der Waals surface area contributed by atoms with E-state index in [0.717, 1.165) is 37.8 Å². The van der Waals surface area contributed by atoms with Crippen LogP contribution in [0.15, 0.2) is 4.99 Å². The van der Waals surface area contributed by atoms with E-state index in [-0.39, 0.29) is 0 Å². The molecule has 0 unspecified atom stereocenters. The van der Waals surface area contributed by atoms with Crippen molar-refractivity contribution in [3.05, 3.63) is 0 Å². The topological polar surface area (TPSA) is 73.8 Å². The minimum atomic E-state index is -3.04. The highest BCUT2D eigenvalue weighted by molar-refractivity contribution is 7.88. The van der Waals surface area contributed by atoms with Gasteiger partial charge in [0.25, 0.3) is 0 Å². The van der Waals surface area contributed by atoms with Crippen LogP contribution in [0, 0.1) is 11.8 Å². The largest absolute Gasteiger partial charge is 0.357 e. The first-order valence-electron chi connectivity index (χ1n) is 9.92. The molecule has 0 aromatic heterocycles. The van der Waals surface area contributed by atoms with Gasteiger partial charge in [0.1, 0.15) is 0 Å². The third-order valence-electron chi connectivity index (χ3n) is 5.66. The number of nitrogens with one attached hydrogen (secondary N) is 2. The summed E-state index contributed by atoms with van der Waals surface area (Å²) < 4.78 is 24.8. The van der Waals surface area contributed by atoms with Crippen LogP contribution in [-0.2, 0) is 10.0 Å². The highest BCUT2D eigenvalue weighted by Gasteiger charge is 2.25. The Morgan fingerprint density at radius 1 is 1.04 bits per heavy atom. The fourth-order valence-electron chi connectivity index (χ4n) is 3.87. The van der Waals surface area contributed by atoms with Crippen LogP contribution >= 0.6 is 0 Å². The highest BCUT2D eigenvalue weighted by Crippen LogP contribution is 2.26. The maximum Gasteiger partial charge on any atom is 0.211 e. The lowest BCUT2D eigenvalue weighted by molar-refractivity contribution is 0.279. The Morgan fingerprint density at radius 3 is 2.20 bits per heavy atom. The second-order valence-corrected chi connectivity index (χ2v) is 9.58. The summed E-state index contributed by atoms with van der Waals surface area (Å²) in [5, 5.41) is 6.97. The number of aliphatic imine (C=N–C) groups is 1. The van der Waals surface area contributed by atoms with Gasteiger partial charge in [0, 0.05) is 32.2 Å². The first-order chi connectivity index (χ1) is 11.9. The van der Waals surface area contributed by atoms with Crippen LogP contribution in [-0.4, -0.2) is 57.2 Å². The summed E-state index contributed by atoms with van der Waals surface area (Å²) in [6.45, 7) is 7.28. The molecule has 0 spiro atoms. The van der Waals surface area contributed by atoms with E-state index in [1.807, 2.05) is 0 Å². The molecule has 0 atom stereocenters. The second kappa shape index (κ2) is 9.76. The Bertz CT molecular complexity index is 519. The van der Waals surface area contributed by atoms with Crippen molar-refractivity contribution in [3.8, 4) is 0 Å². The number of sulfonamides is 1. The third-order valence-corrected chi connectivity index (χ3v) is 6.96. The Balaban J connectivity index is 1.80. The molecule has 0 radical (unpaired) electrons. The summed E-state index contributed by atoms with van der Waals surface area (Å²) in [5.41, 5.74) is 0. The Labute approximate surface area is 153 Å². The van der Waals surface area contributed by atoms with Gasteiger partial charge in [-0.25, -0.2) is 12.7 Å². The number of guanidine groups is 1. The van der Waals surface area contributed by atoms with Gasteiger partial charge in [0.05, 0.1) is 6.26 Å². The van der Waals surface area contributed by atoms with E-state index in [0.29, 0.717) is 25.0 Å². The van der Waals surface area contributed by atoms with Crippen molar-refractivity contribution in [2.75, 3.05) is 32.4 Å². The van der Waals surface area contributed by atoms with E-state index in [4.69, 9.17) is 4.99 Å². The lowest BCUT2D eigenvalue weighted by Gasteiger charge is -2.31. The van der Waals surface area contributed by atoms with E-state index in [1.165, 1.54) is 38.4 Å². The Hall–Kier alpha value is -0.820. The van der Waals surface area contributed by atoms with Crippen molar-refractivity contribution in [2.45, 2.75) is 64.8 Å². The van der Waals surface area contributed by atoms with E-state index in [9.17, 15) is 8.42 Å². The average molecular weight is 373 g/mol. The van der Waals surface area contributed by atoms with Crippen LogP contribution in [0.1, 0.15) is 58.8 Å². The molecule has 0 amide bonds. The van der Waals surface area contributed by atoms with Crippen molar-refractivity contribution in [2.24, 2.45) is 16.8 Å². The maximum atomic E-state index is 11.6. The summed E-state index contributed by atoms with van der Waals surface area (Å²) in [4.78, 5) is 4.78. The first kappa shape index (κ1) is 20.5. The average Bonchev–Trinajstić information content (AvgIpc) is 2.60. The zero-order valence-electron chi connectivity index (χ0n) is 16.1. The first-order valence-corrected chi connectivity index (χ1v) is 11.8. The molecule has 2 rings (SSSR count). The number of nitrogens with zero attached hydrogens (tertiary/aromatic N) is 2. The molecule has 1 saturated heterocycles. The highest BCUT2D eigenvalue weighted by atomic mass is 32.2. The van der Waals surface area contributed by atoms with Gasteiger partial charge in [-0.3, -0.25) is 4.99 Å². The molecule has 0 aromatic rings. The maximum absolute atomic E-state index is 11.6. The van der Waals surface area contributed by atoms with Gasteiger partial charge < -0.3 is 10.6 Å². The van der Waals surface area contributed by atoms with Gasteiger partial charge in [-0.2, -0.15) is 0 Å². The minimum absolute atomic E-state index is 0.476. The van der Waals surface area contributed by atoms with Crippen LogP contribution in [0.3, 0.4) is 0 Å². The van der Waals surface area contributed by atoms with Gasteiger partial charge in [0.15, 0.2) is 5.96 Å². The number of hydrogen-bond donors (Lipinski definition) is 2. The SMILES string of the molecule is CCNC(=NCC1CCN(S(C)(=O)=O)CC1)NC1CCC(CC)CC1. The molecule has 7 heteroatoms. The molecule has 2 N–H and O–H groups in total. The summed E-state index contributed by atoms with van der Waals surface area (Å²) in [6, 6.07) is 0.535. The van der Waals surface area contributed by atoms with Gasteiger partial charge in [0.2, 0.25) is 10.0 Å². The van der Waals surface area contributed by atoms with Crippen molar-refractivity contribution < 1.29 is 8.42 Å². The number of piperidine rings is 1. The lowest BCUT2D eigenvalue weighted by Crippen LogP contribution is -2.45. The molecule has 0 bridgehead atoms. The van der Waals surface area contributed by atoms with E-state index >= 15 is 0 Å². The van der Waals surface area contributed by atoms with Crippen molar-refractivity contribution in [1.82, 2.24) is 14.9 Å². The van der Waals surface area contributed by atoms with Crippen LogP contribution in [0.4, 0.5) is 0 Å². The van der Waals surface area contributed by atoms with Crippen LogP contribution in [0.2, 0.25) is 0 Å². The monoisotopic (exact) mass is 372 g/mol. The molecule has 2 aliphatic rings. The number of rotatable bonds is 6. The molecule has 0 aromatic carbocycles. The van der Waals surface area contributed by atoms with Gasteiger partial charge in [-0.1, -0.05) is 13.3 Å². The van der Waals surface area contributed by atoms with Crippen molar-refractivity contribution in [3.63, 3.8) is 0 Å². The summed E-state index contributed by atoms with van der Waals surface area (Å²) in [5.74, 6) is 2.30.